The Labute approximate surface area is 149 Å². The Bertz CT molecular complexity index is 586. The molecule has 0 aromatic heterocycles. The van der Waals surface area contributed by atoms with E-state index in [2.05, 4.69) is 10.6 Å². The van der Waals surface area contributed by atoms with Gasteiger partial charge in [-0.1, -0.05) is 18.9 Å². The average Bonchev–Trinajstić information content (AvgIpc) is 3.29. The Morgan fingerprint density at radius 3 is 3.00 bits per heavy atom. The maximum Gasteiger partial charge on any atom is 0.241 e. The van der Waals surface area contributed by atoms with E-state index in [0.717, 1.165) is 37.3 Å². The van der Waals surface area contributed by atoms with Crippen LogP contribution in [-0.2, 0) is 9.53 Å². The third kappa shape index (κ3) is 4.15. The van der Waals surface area contributed by atoms with Crippen molar-refractivity contribution in [1.29, 1.82) is 0 Å². The van der Waals surface area contributed by atoms with Gasteiger partial charge in [-0.05, 0) is 50.2 Å². The van der Waals surface area contributed by atoms with Crippen LogP contribution in [0.5, 0.6) is 5.75 Å². The van der Waals surface area contributed by atoms with Crippen LogP contribution in [0.15, 0.2) is 24.3 Å². The third-order valence-electron chi connectivity index (χ3n) is 5.74. The number of carbonyl (C=O) groups is 1. The van der Waals surface area contributed by atoms with Crippen LogP contribution in [0.25, 0.3) is 0 Å². The minimum Gasteiger partial charge on any atom is -0.491 e. The number of hydrogen-bond acceptors (Lipinski definition) is 4. The van der Waals surface area contributed by atoms with E-state index in [1.54, 1.807) is 0 Å². The predicted molar refractivity (Wildman–Crippen MR) is 96.8 cm³/mol. The number of fused-ring (bicyclic) bond motifs is 1. The molecule has 25 heavy (non-hydrogen) atoms. The molecule has 2 heterocycles. The number of ether oxygens (including phenoxy) is 2. The summed E-state index contributed by atoms with van der Waals surface area (Å²) in [6.45, 7) is 1.41. The third-order valence-corrected chi connectivity index (χ3v) is 5.74. The number of rotatable bonds is 5. The first-order valence-electron chi connectivity index (χ1n) is 9.69. The van der Waals surface area contributed by atoms with Gasteiger partial charge >= 0.3 is 0 Å². The summed E-state index contributed by atoms with van der Waals surface area (Å²) in [6.07, 6.45) is 8.39. The van der Waals surface area contributed by atoms with Gasteiger partial charge in [-0.3, -0.25) is 4.79 Å². The summed E-state index contributed by atoms with van der Waals surface area (Å²) < 4.78 is 11.4. The van der Waals surface area contributed by atoms with Gasteiger partial charge in [0.05, 0.1) is 12.1 Å². The number of carbonyl (C=O) groups excluding carboxylic acids is 1. The molecule has 1 saturated carbocycles. The minimum absolute atomic E-state index is 0.0652. The van der Waals surface area contributed by atoms with E-state index in [0.29, 0.717) is 18.6 Å². The number of nitrogens with one attached hydrogen (secondary N) is 2. The summed E-state index contributed by atoms with van der Waals surface area (Å²) in [4.78, 5) is 12.6. The van der Waals surface area contributed by atoms with E-state index < -0.39 is 0 Å². The second-order valence-corrected chi connectivity index (χ2v) is 7.57. The molecule has 136 valence electrons. The second-order valence-electron chi connectivity index (χ2n) is 7.57. The highest BCUT2D eigenvalue weighted by Gasteiger charge is 2.38. The van der Waals surface area contributed by atoms with Crippen molar-refractivity contribution in [3.8, 4) is 5.75 Å². The molecule has 4 unspecified atom stereocenters. The van der Waals surface area contributed by atoms with E-state index in [-0.39, 0.29) is 18.1 Å². The Balaban J connectivity index is 1.31. The van der Waals surface area contributed by atoms with Gasteiger partial charge in [0.25, 0.3) is 0 Å². The first-order valence-corrected chi connectivity index (χ1v) is 9.69. The number of anilines is 1. The van der Waals surface area contributed by atoms with Gasteiger partial charge in [0.15, 0.2) is 0 Å². The van der Waals surface area contributed by atoms with Crippen molar-refractivity contribution in [1.82, 2.24) is 5.32 Å². The van der Waals surface area contributed by atoms with Gasteiger partial charge in [0, 0.05) is 24.4 Å². The van der Waals surface area contributed by atoms with Crippen LogP contribution in [0.3, 0.4) is 0 Å². The lowest BCUT2D eigenvalue weighted by molar-refractivity contribution is -0.117. The van der Waals surface area contributed by atoms with E-state index in [1.807, 2.05) is 24.3 Å². The molecule has 1 amide bonds. The van der Waals surface area contributed by atoms with E-state index in [4.69, 9.17) is 9.47 Å². The fourth-order valence-corrected chi connectivity index (χ4v) is 4.38. The lowest BCUT2D eigenvalue weighted by Crippen LogP contribution is -2.39. The Morgan fingerprint density at radius 1 is 1.24 bits per heavy atom. The Morgan fingerprint density at radius 2 is 2.16 bits per heavy atom. The minimum atomic E-state index is -0.0652. The van der Waals surface area contributed by atoms with Gasteiger partial charge in [-0.15, -0.1) is 0 Å². The molecule has 1 aliphatic carbocycles. The average molecular weight is 344 g/mol. The Hall–Kier alpha value is -1.59. The standard InChI is InChI=1S/C20H28N2O3/c23-20(19-11-14-5-1-2-9-18(14)22-19)21-15-6-3-7-16(12-15)25-13-17-8-4-10-24-17/h3,6-7,12,14,17-19,22H,1-2,4-5,8-11,13H2,(H,21,23). The summed E-state index contributed by atoms with van der Waals surface area (Å²) >= 11 is 0. The van der Waals surface area contributed by atoms with Crippen molar-refractivity contribution in [3.63, 3.8) is 0 Å². The molecule has 5 nitrogen and oxygen atoms in total. The maximum atomic E-state index is 12.6. The highest BCUT2D eigenvalue weighted by molar-refractivity contribution is 5.95. The fourth-order valence-electron chi connectivity index (χ4n) is 4.38. The van der Waals surface area contributed by atoms with Crippen molar-refractivity contribution in [2.45, 2.75) is 63.1 Å². The highest BCUT2D eigenvalue weighted by Crippen LogP contribution is 2.33. The van der Waals surface area contributed by atoms with Gasteiger partial charge < -0.3 is 20.1 Å². The molecule has 3 fully saturated rings. The predicted octanol–water partition coefficient (Wildman–Crippen LogP) is 3.10. The van der Waals surface area contributed by atoms with Crippen molar-refractivity contribution in [3.05, 3.63) is 24.3 Å². The molecule has 1 aromatic carbocycles. The number of amides is 1. The lowest BCUT2D eigenvalue weighted by atomic mass is 9.85. The zero-order valence-corrected chi connectivity index (χ0v) is 14.7. The Kier molecular flexibility index (Phi) is 5.22. The van der Waals surface area contributed by atoms with Gasteiger partial charge in [0.1, 0.15) is 12.4 Å². The van der Waals surface area contributed by atoms with Crippen LogP contribution in [-0.4, -0.2) is 37.3 Å². The first-order chi connectivity index (χ1) is 12.3. The van der Waals surface area contributed by atoms with Crippen molar-refractivity contribution in [2.24, 2.45) is 5.92 Å². The summed E-state index contributed by atoms with van der Waals surface area (Å²) in [5.74, 6) is 1.53. The first kappa shape index (κ1) is 16.9. The highest BCUT2D eigenvalue weighted by atomic mass is 16.5. The van der Waals surface area contributed by atoms with E-state index in [1.165, 1.54) is 25.7 Å². The summed E-state index contributed by atoms with van der Waals surface area (Å²) in [5, 5.41) is 6.58. The van der Waals surface area contributed by atoms with E-state index >= 15 is 0 Å². The quantitative estimate of drug-likeness (QED) is 0.862. The van der Waals surface area contributed by atoms with E-state index in [9.17, 15) is 4.79 Å². The van der Waals surface area contributed by atoms with Crippen LogP contribution < -0.4 is 15.4 Å². The SMILES string of the molecule is O=C(Nc1cccc(OCC2CCCO2)c1)C1CC2CCCCC2N1. The second kappa shape index (κ2) is 7.75. The summed E-state index contributed by atoms with van der Waals surface area (Å²) in [6, 6.07) is 8.12. The number of benzene rings is 1. The van der Waals surface area contributed by atoms with Crippen molar-refractivity contribution in [2.75, 3.05) is 18.5 Å². The smallest absolute Gasteiger partial charge is 0.241 e. The molecular weight excluding hydrogens is 316 g/mol. The zero-order valence-electron chi connectivity index (χ0n) is 14.7. The maximum absolute atomic E-state index is 12.6. The van der Waals surface area contributed by atoms with Crippen LogP contribution >= 0.6 is 0 Å². The molecule has 0 radical (unpaired) electrons. The molecule has 5 heteroatoms. The van der Waals surface area contributed by atoms with Crippen molar-refractivity contribution >= 4 is 11.6 Å². The molecular formula is C20H28N2O3. The number of hydrogen-bond donors (Lipinski definition) is 2. The fraction of sp³-hybridized carbons (Fsp3) is 0.650. The molecule has 2 N–H and O–H groups in total. The van der Waals surface area contributed by atoms with Gasteiger partial charge in [-0.2, -0.15) is 0 Å². The monoisotopic (exact) mass is 344 g/mol. The van der Waals surface area contributed by atoms with Crippen LogP contribution in [0.2, 0.25) is 0 Å². The molecule has 4 rings (SSSR count). The summed E-state index contributed by atoms with van der Waals surface area (Å²) in [7, 11) is 0. The molecule has 2 aliphatic heterocycles. The molecule has 0 spiro atoms. The van der Waals surface area contributed by atoms with Crippen molar-refractivity contribution < 1.29 is 14.3 Å². The van der Waals surface area contributed by atoms with Gasteiger partial charge in [0.2, 0.25) is 5.91 Å². The molecule has 1 aromatic rings. The zero-order chi connectivity index (χ0) is 17.1. The molecule has 2 saturated heterocycles. The lowest BCUT2D eigenvalue weighted by Gasteiger charge is -2.24. The topological polar surface area (TPSA) is 59.6 Å². The largest absolute Gasteiger partial charge is 0.491 e. The molecule has 3 aliphatic rings. The molecule has 4 atom stereocenters. The molecule has 0 bridgehead atoms. The van der Waals surface area contributed by atoms with Crippen LogP contribution in [0, 0.1) is 5.92 Å². The van der Waals surface area contributed by atoms with Gasteiger partial charge in [-0.25, -0.2) is 0 Å². The normalized spacial score (nSPS) is 31.5. The van der Waals surface area contributed by atoms with Crippen LogP contribution in [0.1, 0.15) is 44.9 Å². The summed E-state index contributed by atoms with van der Waals surface area (Å²) in [5.41, 5.74) is 0.798. The van der Waals surface area contributed by atoms with Crippen LogP contribution in [0.4, 0.5) is 5.69 Å².